The number of likely N-dealkylation sites (tertiary alicyclic amines) is 1. The molecule has 0 spiro atoms. The molecule has 1 amide bonds. The monoisotopic (exact) mass is 443 g/mol. The summed E-state index contributed by atoms with van der Waals surface area (Å²) in [5, 5.41) is 20.7. The van der Waals surface area contributed by atoms with Gasteiger partial charge < -0.3 is 24.6 Å². The molecule has 0 saturated carbocycles. The second-order valence-corrected chi connectivity index (χ2v) is 7.70. The third-order valence-corrected chi connectivity index (χ3v) is 5.16. The molecule has 32 heavy (non-hydrogen) atoms. The Bertz CT molecular complexity index is 1030. The zero-order valence-corrected chi connectivity index (χ0v) is 18.2. The molecule has 170 valence electrons. The van der Waals surface area contributed by atoms with Crippen LogP contribution in [0.25, 0.3) is 5.76 Å². The van der Waals surface area contributed by atoms with E-state index >= 15 is 0 Å². The Morgan fingerprint density at radius 1 is 1.16 bits per heavy atom. The number of aliphatic hydroxyl groups is 1. The van der Waals surface area contributed by atoms with Gasteiger partial charge in [0.2, 0.25) is 0 Å². The number of aliphatic hydroxyl groups excluding tert-OH is 1. The topological polar surface area (TPSA) is 96.3 Å². The maximum atomic E-state index is 13.9. The van der Waals surface area contributed by atoms with Gasteiger partial charge in [0.1, 0.15) is 23.1 Å². The third kappa shape index (κ3) is 4.75. The fraction of sp³-hybridized carbons (Fsp3) is 0.333. The number of ketones is 1. The molecule has 2 aromatic rings. The van der Waals surface area contributed by atoms with E-state index in [0.717, 1.165) is 6.07 Å². The molecule has 7 nitrogen and oxygen atoms in total. The van der Waals surface area contributed by atoms with Crippen LogP contribution >= 0.6 is 0 Å². The minimum Gasteiger partial charge on any atom is -0.508 e. The highest BCUT2D eigenvalue weighted by Crippen LogP contribution is 2.41. The lowest BCUT2D eigenvalue weighted by Gasteiger charge is -2.25. The average molecular weight is 443 g/mol. The van der Waals surface area contributed by atoms with Crippen molar-refractivity contribution < 1.29 is 33.7 Å². The Hall–Kier alpha value is -3.39. The molecular formula is C24H26FNO6. The number of phenolic OH excluding ortho intramolecular Hbond substituents is 1. The van der Waals surface area contributed by atoms with Crippen LogP contribution in [0, 0.1) is 5.82 Å². The first-order valence-electron chi connectivity index (χ1n) is 10.3. The number of ether oxygens (including phenoxy) is 2. The molecule has 8 heteroatoms. The minimum absolute atomic E-state index is 0.0165. The summed E-state index contributed by atoms with van der Waals surface area (Å²) in [4.78, 5) is 27.2. The quantitative estimate of drug-likeness (QED) is 0.279. The van der Waals surface area contributed by atoms with Crippen LogP contribution in [0.3, 0.4) is 0 Å². The highest BCUT2D eigenvalue weighted by Gasteiger charge is 2.46. The number of Topliss-reactive ketones (excluding diaryl/α,β-unsaturated/α-hetero) is 1. The van der Waals surface area contributed by atoms with E-state index in [9.17, 15) is 24.2 Å². The van der Waals surface area contributed by atoms with Gasteiger partial charge in [-0.3, -0.25) is 9.59 Å². The molecule has 1 unspecified atom stereocenters. The van der Waals surface area contributed by atoms with Crippen molar-refractivity contribution in [2.75, 3.05) is 20.3 Å². The highest BCUT2D eigenvalue weighted by molar-refractivity contribution is 6.46. The summed E-state index contributed by atoms with van der Waals surface area (Å²) in [6.07, 6.45) is 0.502. The van der Waals surface area contributed by atoms with Gasteiger partial charge in [-0.25, -0.2) is 4.39 Å². The van der Waals surface area contributed by atoms with Crippen LogP contribution < -0.4 is 4.74 Å². The van der Waals surface area contributed by atoms with Crippen LogP contribution in [0.5, 0.6) is 11.5 Å². The van der Waals surface area contributed by atoms with Crippen molar-refractivity contribution in [2.45, 2.75) is 32.4 Å². The molecule has 0 radical (unpaired) electrons. The van der Waals surface area contributed by atoms with E-state index in [-0.39, 0.29) is 35.3 Å². The maximum absolute atomic E-state index is 13.9. The SMILES string of the molecule is COc1ccc(F)cc1/C(O)=C1\C(=O)C(=O)N(CCCOC(C)C)C1c1ccc(O)cc1. The summed E-state index contributed by atoms with van der Waals surface area (Å²) < 4.78 is 24.7. The van der Waals surface area contributed by atoms with Gasteiger partial charge in [0, 0.05) is 13.2 Å². The van der Waals surface area contributed by atoms with Gasteiger partial charge in [-0.1, -0.05) is 12.1 Å². The van der Waals surface area contributed by atoms with Gasteiger partial charge in [-0.2, -0.15) is 0 Å². The van der Waals surface area contributed by atoms with Crippen molar-refractivity contribution in [2.24, 2.45) is 0 Å². The standard InChI is InChI=1S/C24H26FNO6/c1-14(2)32-12-4-11-26-21(15-5-8-17(27)9-6-15)20(23(29)24(26)30)22(28)18-13-16(25)7-10-19(18)31-3/h5-10,13-14,21,27-28H,4,11-12H2,1-3H3/b22-20+. The van der Waals surface area contributed by atoms with Gasteiger partial charge in [-0.05, 0) is 56.2 Å². The predicted octanol–water partition coefficient (Wildman–Crippen LogP) is 3.78. The third-order valence-electron chi connectivity index (χ3n) is 5.16. The lowest BCUT2D eigenvalue weighted by molar-refractivity contribution is -0.140. The number of hydrogen-bond acceptors (Lipinski definition) is 6. The number of methoxy groups -OCH3 is 1. The molecule has 1 saturated heterocycles. The Labute approximate surface area is 185 Å². The molecular weight excluding hydrogens is 417 g/mol. The van der Waals surface area contributed by atoms with Crippen LogP contribution in [0.1, 0.15) is 37.4 Å². The van der Waals surface area contributed by atoms with Crippen molar-refractivity contribution in [3.63, 3.8) is 0 Å². The van der Waals surface area contributed by atoms with E-state index in [1.54, 1.807) is 12.1 Å². The molecule has 1 heterocycles. The fourth-order valence-electron chi connectivity index (χ4n) is 3.68. The van der Waals surface area contributed by atoms with Crippen molar-refractivity contribution in [1.82, 2.24) is 4.90 Å². The highest BCUT2D eigenvalue weighted by atomic mass is 19.1. The van der Waals surface area contributed by atoms with Crippen LogP contribution in [-0.4, -0.2) is 53.2 Å². The lowest BCUT2D eigenvalue weighted by atomic mass is 9.95. The van der Waals surface area contributed by atoms with E-state index in [4.69, 9.17) is 9.47 Å². The second kappa shape index (κ2) is 9.82. The summed E-state index contributed by atoms with van der Waals surface area (Å²) in [5.41, 5.74) is 0.315. The average Bonchev–Trinajstić information content (AvgIpc) is 3.01. The number of nitrogens with zero attached hydrogens (tertiary/aromatic N) is 1. The molecule has 1 fully saturated rings. The number of rotatable bonds is 8. The van der Waals surface area contributed by atoms with E-state index in [2.05, 4.69) is 0 Å². The van der Waals surface area contributed by atoms with E-state index in [1.165, 1.54) is 36.3 Å². The van der Waals surface area contributed by atoms with E-state index < -0.39 is 29.3 Å². The second-order valence-electron chi connectivity index (χ2n) is 7.70. The van der Waals surface area contributed by atoms with Crippen molar-refractivity contribution in [1.29, 1.82) is 0 Å². The summed E-state index contributed by atoms with van der Waals surface area (Å²) in [5.74, 6) is -2.64. The van der Waals surface area contributed by atoms with Gasteiger partial charge in [0.25, 0.3) is 11.7 Å². The van der Waals surface area contributed by atoms with Crippen LogP contribution in [0.4, 0.5) is 4.39 Å². The molecule has 1 aliphatic heterocycles. The molecule has 1 aliphatic rings. The molecule has 1 atom stereocenters. The molecule has 0 aliphatic carbocycles. The van der Waals surface area contributed by atoms with Crippen LogP contribution in [-0.2, 0) is 14.3 Å². The number of carbonyl (C=O) groups is 2. The largest absolute Gasteiger partial charge is 0.508 e. The van der Waals surface area contributed by atoms with E-state index in [0.29, 0.717) is 18.6 Å². The Balaban J connectivity index is 2.09. The zero-order valence-electron chi connectivity index (χ0n) is 18.2. The first-order valence-corrected chi connectivity index (χ1v) is 10.3. The molecule has 0 bridgehead atoms. The Morgan fingerprint density at radius 2 is 1.84 bits per heavy atom. The number of benzene rings is 2. The summed E-state index contributed by atoms with van der Waals surface area (Å²) in [6.45, 7) is 4.39. The maximum Gasteiger partial charge on any atom is 0.295 e. The summed E-state index contributed by atoms with van der Waals surface area (Å²) >= 11 is 0. The van der Waals surface area contributed by atoms with Crippen molar-refractivity contribution >= 4 is 17.4 Å². The molecule has 2 aromatic carbocycles. The zero-order chi connectivity index (χ0) is 23.4. The number of halogens is 1. The smallest absolute Gasteiger partial charge is 0.295 e. The van der Waals surface area contributed by atoms with Gasteiger partial charge >= 0.3 is 0 Å². The molecule has 3 rings (SSSR count). The Morgan fingerprint density at radius 3 is 2.47 bits per heavy atom. The van der Waals surface area contributed by atoms with E-state index in [1.807, 2.05) is 13.8 Å². The van der Waals surface area contributed by atoms with Crippen molar-refractivity contribution in [3.05, 3.63) is 65.0 Å². The fourth-order valence-corrected chi connectivity index (χ4v) is 3.68. The van der Waals surface area contributed by atoms with Gasteiger partial charge in [0.05, 0.1) is 30.4 Å². The Kier molecular flexibility index (Phi) is 7.15. The number of aromatic hydroxyl groups is 1. The van der Waals surface area contributed by atoms with Crippen LogP contribution in [0.2, 0.25) is 0 Å². The first-order chi connectivity index (χ1) is 15.2. The summed E-state index contributed by atoms with van der Waals surface area (Å²) in [6, 6.07) is 8.63. The predicted molar refractivity (Wildman–Crippen MR) is 116 cm³/mol. The number of carbonyl (C=O) groups excluding carboxylic acids is 2. The van der Waals surface area contributed by atoms with Crippen molar-refractivity contribution in [3.8, 4) is 11.5 Å². The number of amides is 1. The lowest BCUT2D eigenvalue weighted by Crippen LogP contribution is -2.31. The normalized spacial score (nSPS) is 17.9. The number of phenols is 1. The van der Waals surface area contributed by atoms with Gasteiger partial charge in [0.15, 0.2) is 0 Å². The first kappa shape index (κ1) is 23.3. The minimum atomic E-state index is -0.914. The number of hydrogen-bond donors (Lipinski definition) is 2. The van der Waals surface area contributed by atoms with Gasteiger partial charge in [-0.15, -0.1) is 0 Å². The molecule has 0 aromatic heterocycles. The van der Waals surface area contributed by atoms with Crippen LogP contribution in [0.15, 0.2) is 48.0 Å². The molecule has 2 N–H and O–H groups in total. The summed E-state index contributed by atoms with van der Waals surface area (Å²) in [7, 11) is 1.36.